The van der Waals surface area contributed by atoms with E-state index in [0.29, 0.717) is 30.4 Å². The Morgan fingerprint density at radius 3 is 2.23 bits per heavy atom. The van der Waals surface area contributed by atoms with Crippen LogP contribution < -0.4 is 20.1 Å². The quantitative estimate of drug-likeness (QED) is 0.442. The summed E-state index contributed by atoms with van der Waals surface area (Å²) in [5.41, 5.74) is 1.95. The summed E-state index contributed by atoms with van der Waals surface area (Å²) in [6.07, 6.45) is 0. The summed E-state index contributed by atoms with van der Waals surface area (Å²) in [4.78, 5) is 49.8. The molecule has 0 aliphatic carbocycles. The minimum atomic E-state index is -0.792. The molecule has 0 bridgehead atoms. The highest BCUT2D eigenvalue weighted by molar-refractivity contribution is 5.97. The summed E-state index contributed by atoms with van der Waals surface area (Å²) in [5, 5.41) is 5.12. The van der Waals surface area contributed by atoms with Gasteiger partial charge in [0.15, 0.2) is 18.1 Å². The van der Waals surface area contributed by atoms with Crippen LogP contribution in [0.5, 0.6) is 11.5 Å². The van der Waals surface area contributed by atoms with Crippen molar-refractivity contribution in [1.82, 2.24) is 10.2 Å². The first-order chi connectivity index (χ1) is 16.7. The number of carbonyl (C=O) groups is 4. The van der Waals surface area contributed by atoms with Crippen LogP contribution in [0.25, 0.3) is 0 Å². The van der Waals surface area contributed by atoms with E-state index in [1.54, 1.807) is 24.3 Å². The third kappa shape index (κ3) is 9.00. The largest absolute Gasteiger partial charge is 0.490 e. The van der Waals surface area contributed by atoms with Crippen LogP contribution >= 0.6 is 0 Å². The Hall–Kier alpha value is -4.08. The lowest BCUT2D eigenvalue weighted by Crippen LogP contribution is -2.38. The molecule has 0 spiro atoms. The normalized spacial score (nSPS) is 10.2. The summed E-state index contributed by atoms with van der Waals surface area (Å²) < 4.78 is 15.9. The number of ether oxygens (including phenoxy) is 3. The van der Waals surface area contributed by atoms with Crippen molar-refractivity contribution < 1.29 is 33.4 Å². The van der Waals surface area contributed by atoms with Gasteiger partial charge in [0.1, 0.15) is 6.54 Å². The lowest BCUT2D eigenvalue weighted by Gasteiger charge is -2.17. The molecule has 0 radical (unpaired) electrons. The molecule has 0 aliphatic rings. The number of anilines is 1. The number of rotatable bonds is 12. The van der Waals surface area contributed by atoms with Crippen molar-refractivity contribution in [1.29, 1.82) is 0 Å². The van der Waals surface area contributed by atoms with E-state index in [0.717, 1.165) is 10.5 Å². The van der Waals surface area contributed by atoms with E-state index in [4.69, 9.17) is 14.2 Å². The van der Waals surface area contributed by atoms with E-state index in [-0.39, 0.29) is 18.0 Å². The van der Waals surface area contributed by atoms with Gasteiger partial charge in [-0.2, -0.15) is 0 Å². The highest BCUT2D eigenvalue weighted by Gasteiger charge is 2.17. The van der Waals surface area contributed by atoms with Crippen molar-refractivity contribution in [3.05, 3.63) is 53.6 Å². The molecule has 2 rings (SSSR count). The molecule has 188 valence electrons. The minimum Gasteiger partial charge on any atom is -0.490 e. The fourth-order valence-electron chi connectivity index (χ4n) is 2.89. The molecule has 10 nitrogen and oxygen atoms in total. The maximum absolute atomic E-state index is 12.4. The van der Waals surface area contributed by atoms with Crippen molar-refractivity contribution in [3.8, 4) is 11.5 Å². The molecule has 0 fully saturated rings. The van der Waals surface area contributed by atoms with Crippen LogP contribution in [0.15, 0.2) is 42.5 Å². The van der Waals surface area contributed by atoms with Gasteiger partial charge in [-0.05, 0) is 51.1 Å². The highest BCUT2D eigenvalue weighted by Crippen LogP contribution is 2.28. The van der Waals surface area contributed by atoms with Crippen LogP contribution in [0.1, 0.15) is 29.8 Å². The Balaban J connectivity index is 1.77. The third-order valence-corrected chi connectivity index (χ3v) is 4.70. The van der Waals surface area contributed by atoms with Gasteiger partial charge in [0.25, 0.3) is 11.8 Å². The van der Waals surface area contributed by atoms with E-state index in [2.05, 4.69) is 10.6 Å². The van der Waals surface area contributed by atoms with Crippen LogP contribution in [0.4, 0.5) is 5.69 Å². The second-order valence-electron chi connectivity index (χ2n) is 7.53. The molecule has 2 N–H and O–H groups in total. The molecule has 0 aromatic heterocycles. The van der Waals surface area contributed by atoms with Gasteiger partial charge in [-0.1, -0.05) is 17.7 Å². The van der Waals surface area contributed by atoms with Crippen LogP contribution in [-0.4, -0.2) is 68.5 Å². The maximum atomic E-state index is 12.4. The molecule has 35 heavy (non-hydrogen) atoms. The van der Waals surface area contributed by atoms with Crippen molar-refractivity contribution in [2.75, 3.05) is 45.3 Å². The van der Waals surface area contributed by atoms with Crippen molar-refractivity contribution >= 4 is 29.4 Å². The lowest BCUT2D eigenvalue weighted by atomic mass is 10.2. The standard InChI is InChI=1S/C25H31N3O7/c1-5-33-20-12-9-18(13-21(20)34-6-2)25(32)26-14-24(31)35-16-23(30)28(4)15-22(29)27-19-10-7-17(3)8-11-19/h7-13H,5-6,14-16H2,1-4H3,(H,26,32)(H,27,29). The smallest absolute Gasteiger partial charge is 0.325 e. The zero-order chi connectivity index (χ0) is 25.8. The van der Waals surface area contributed by atoms with Gasteiger partial charge in [-0.25, -0.2) is 0 Å². The first kappa shape index (κ1) is 27.2. The SMILES string of the molecule is CCOc1ccc(C(=O)NCC(=O)OCC(=O)N(C)CC(=O)Nc2ccc(C)cc2)cc1OCC. The average Bonchev–Trinajstić information content (AvgIpc) is 2.83. The zero-order valence-corrected chi connectivity index (χ0v) is 20.4. The van der Waals surface area contributed by atoms with Gasteiger partial charge in [0.05, 0.1) is 19.8 Å². The molecule has 0 saturated carbocycles. The van der Waals surface area contributed by atoms with Crippen molar-refractivity contribution in [2.45, 2.75) is 20.8 Å². The molecular formula is C25H31N3O7. The Bertz CT molecular complexity index is 1040. The second kappa shape index (κ2) is 13.6. The molecule has 0 aliphatic heterocycles. The van der Waals surface area contributed by atoms with E-state index in [1.807, 2.05) is 32.9 Å². The number of carbonyl (C=O) groups excluding carboxylic acids is 4. The Labute approximate surface area is 204 Å². The molecule has 0 saturated heterocycles. The monoisotopic (exact) mass is 485 g/mol. The minimum absolute atomic E-state index is 0.207. The molecule has 0 heterocycles. The number of nitrogens with zero attached hydrogens (tertiary/aromatic N) is 1. The van der Waals surface area contributed by atoms with E-state index >= 15 is 0 Å². The summed E-state index contributed by atoms with van der Waals surface area (Å²) >= 11 is 0. The molecule has 0 unspecified atom stereocenters. The molecule has 0 atom stereocenters. The van der Waals surface area contributed by atoms with Crippen LogP contribution in [-0.2, 0) is 19.1 Å². The number of likely N-dealkylation sites (N-methyl/N-ethyl adjacent to an activating group) is 1. The highest BCUT2D eigenvalue weighted by atomic mass is 16.5. The van der Waals surface area contributed by atoms with E-state index in [1.165, 1.54) is 13.1 Å². The second-order valence-corrected chi connectivity index (χ2v) is 7.53. The van der Waals surface area contributed by atoms with Crippen molar-refractivity contribution in [3.63, 3.8) is 0 Å². The Morgan fingerprint density at radius 2 is 1.57 bits per heavy atom. The summed E-state index contributed by atoms with van der Waals surface area (Å²) in [7, 11) is 1.43. The number of hydrogen-bond acceptors (Lipinski definition) is 7. The molecule has 10 heteroatoms. The van der Waals surface area contributed by atoms with Crippen LogP contribution in [0.2, 0.25) is 0 Å². The van der Waals surface area contributed by atoms with Crippen LogP contribution in [0, 0.1) is 6.92 Å². The maximum Gasteiger partial charge on any atom is 0.325 e. The first-order valence-electron chi connectivity index (χ1n) is 11.2. The van der Waals surface area contributed by atoms with Gasteiger partial charge >= 0.3 is 5.97 Å². The zero-order valence-electron chi connectivity index (χ0n) is 20.4. The predicted octanol–water partition coefficient (Wildman–Crippen LogP) is 2.16. The topological polar surface area (TPSA) is 123 Å². The van der Waals surface area contributed by atoms with Gasteiger partial charge in [0.2, 0.25) is 5.91 Å². The van der Waals surface area contributed by atoms with Gasteiger partial charge in [-0.15, -0.1) is 0 Å². The average molecular weight is 486 g/mol. The van der Waals surface area contributed by atoms with Gasteiger partial charge in [0, 0.05) is 18.3 Å². The molecule has 2 aromatic rings. The van der Waals surface area contributed by atoms with Crippen LogP contribution in [0.3, 0.4) is 0 Å². The Morgan fingerprint density at radius 1 is 0.914 bits per heavy atom. The van der Waals surface area contributed by atoms with E-state index < -0.39 is 30.9 Å². The first-order valence-corrected chi connectivity index (χ1v) is 11.2. The molecule has 3 amide bonds. The lowest BCUT2D eigenvalue weighted by molar-refractivity contribution is -0.150. The molecule has 2 aromatic carbocycles. The fraction of sp³-hybridized carbons (Fsp3) is 0.360. The fourth-order valence-corrected chi connectivity index (χ4v) is 2.89. The van der Waals surface area contributed by atoms with Gasteiger partial charge < -0.3 is 29.7 Å². The summed E-state index contributed by atoms with van der Waals surface area (Å²) in [6.45, 7) is 5.24. The Kier molecular flexibility index (Phi) is 10.5. The number of benzene rings is 2. The number of amides is 3. The third-order valence-electron chi connectivity index (χ3n) is 4.70. The summed E-state index contributed by atoms with van der Waals surface area (Å²) in [6, 6.07) is 11.9. The molecular weight excluding hydrogens is 454 g/mol. The number of hydrogen-bond donors (Lipinski definition) is 2. The van der Waals surface area contributed by atoms with E-state index in [9.17, 15) is 19.2 Å². The summed E-state index contributed by atoms with van der Waals surface area (Å²) in [5.74, 6) is -1.31. The number of esters is 1. The van der Waals surface area contributed by atoms with Crippen molar-refractivity contribution in [2.24, 2.45) is 0 Å². The predicted molar refractivity (Wildman–Crippen MR) is 130 cm³/mol. The number of nitrogens with one attached hydrogen (secondary N) is 2. The van der Waals surface area contributed by atoms with Gasteiger partial charge in [-0.3, -0.25) is 19.2 Å². The number of aryl methyl sites for hydroxylation is 1.